The van der Waals surface area contributed by atoms with Crippen LogP contribution >= 0.6 is 35.0 Å². The van der Waals surface area contributed by atoms with Crippen molar-refractivity contribution in [2.24, 2.45) is 0 Å². The van der Waals surface area contributed by atoms with Crippen molar-refractivity contribution >= 4 is 35.0 Å². The van der Waals surface area contributed by atoms with Crippen molar-refractivity contribution in [1.82, 2.24) is 9.97 Å². The molecule has 21 heavy (non-hydrogen) atoms. The van der Waals surface area contributed by atoms with Crippen molar-refractivity contribution in [3.8, 4) is 0 Å². The van der Waals surface area contributed by atoms with Gasteiger partial charge in [-0.2, -0.15) is 11.8 Å². The highest BCUT2D eigenvalue weighted by Crippen LogP contribution is 2.40. The molecule has 1 aromatic rings. The first kappa shape index (κ1) is 15.9. The van der Waals surface area contributed by atoms with E-state index in [1.165, 1.54) is 57.8 Å². The van der Waals surface area contributed by atoms with Crippen molar-refractivity contribution in [1.29, 1.82) is 0 Å². The molecule has 0 amide bonds. The van der Waals surface area contributed by atoms with Crippen LogP contribution in [0.5, 0.6) is 0 Å². The van der Waals surface area contributed by atoms with Crippen LogP contribution in [0.2, 0.25) is 10.3 Å². The molecule has 116 valence electrons. The van der Waals surface area contributed by atoms with Crippen molar-refractivity contribution < 1.29 is 0 Å². The van der Waals surface area contributed by atoms with Crippen molar-refractivity contribution in [3.05, 3.63) is 21.7 Å². The fraction of sp³-hybridized carbons (Fsp3) is 0.750. The zero-order valence-corrected chi connectivity index (χ0v) is 14.6. The van der Waals surface area contributed by atoms with Gasteiger partial charge < -0.3 is 0 Å². The second-order valence-electron chi connectivity index (χ2n) is 6.19. The number of hydrogen-bond acceptors (Lipinski definition) is 3. The predicted molar refractivity (Wildman–Crippen MR) is 91.4 cm³/mol. The first-order valence-electron chi connectivity index (χ1n) is 8.07. The number of nitrogens with zero attached hydrogens (tertiary/aromatic N) is 2. The zero-order valence-electron chi connectivity index (χ0n) is 12.3. The quantitative estimate of drug-likeness (QED) is 0.625. The highest BCUT2D eigenvalue weighted by Gasteiger charge is 2.24. The summed E-state index contributed by atoms with van der Waals surface area (Å²) in [5.41, 5.74) is 0.988. The molecule has 0 unspecified atom stereocenters. The van der Waals surface area contributed by atoms with Crippen molar-refractivity contribution in [2.45, 2.75) is 74.7 Å². The molecule has 5 heteroatoms. The topological polar surface area (TPSA) is 25.8 Å². The summed E-state index contributed by atoms with van der Waals surface area (Å²) in [5, 5.41) is 1.93. The first-order chi connectivity index (χ1) is 10.2. The van der Waals surface area contributed by atoms with Crippen LogP contribution in [0.3, 0.4) is 0 Å². The van der Waals surface area contributed by atoms with Gasteiger partial charge in [0.2, 0.25) is 0 Å². The van der Waals surface area contributed by atoms with Gasteiger partial charge in [-0.1, -0.05) is 55.3 Å². The lowest BCUT2D eigenvalue weighted by Gasteiger charge is -2.20. The average molecular weight is 345 g/mol. The van der Waals surface area contributed by atoms with E-state index in [9.17, 15) is 0 Å². The van der Waals surface area contributed by atoms with Crippen LogP contribution in [0.15, 0.2) is 0 Å². The molecule has 0 radical (unpaired) electrons. The Labute approximate surface area is 141 Å². The maximum Gasteiger partial charge on any atom is 0.141 e. The van der Waals surface area contributed by atoms with E-state index in [4.69, 9.17) is 23.2 Å². The fourth-order valence-corrected chi connectivity index (χ4v) is 5.41. The third-order valence-electron chi connectivity index (χ3n) is 4.66. The van der Waals surface area contributed by atoms with Crippen LogP contribution < -0.4 is 0 Å². The van der Waals surface area contributed by atoms with E-state index in [2.05, 4.69) is 9.97 Å². The third-order valence-corrected chi connectivity index (χ3v) is 6.61. The highest BCUT2D eigenvalue weighted by molar-refractivity contribution is 7.99. The SMILES string of the molecule is Clc1nc(CSC2CCCCC2)nc(Cl)c1C1CCCC1. The lowest BCUT2D eigenvalue weighted by Crippen LogP contribution is -2.09. The van der Waals surface area contributed by atoms with E-state index in [1.54, 1.807) is 0 Å². The standard InChI is InChI=1S/C16H22Cl2N2S/c17-15-14(11-6-4-5-7-11)16(18)20-13(19-15)10-21-12-8-2-1-3-9-12/h11-12H,1-10H2. The first-order valence-corrected chi connectivity index (χ1v) is 9.88. The summed E-state index contributed by atoms with van der Waals surface area (Å²) in [4.78, 5) is 9.02. The second kappa shape index (κ2) is 7.52. The minimum absolute atomic E-state index is 0.463. The van der Waals surface area contributed by atoms with Gasteiger partial charge in [0.25, 0.3) is 0 Å². The van der Waals surface area contributed by atoms with Gasteiger partial charge >= 0.3 is 0 Å². The van der Waals surface area contributed by atoms with Crippen LogP contribution in [0.4, 0.5) is 0 Å². The molecule has 0 aliphatic heterocycles. The van der Waals surface area contributed by atoms with Gasteiger partial charge in [0, 0.05) is 10.8 Å². The van der Waals surface area contributed by atoms with E-state index >= 15 is 0 Å². The minimum atomic E-state index is 0.463. The molecular weight excluding hydrogens is 323 g/mol. The van der Waals surface area contributed by atoms with Gasteiger partial charge in [0.15, 0.2) is 0 Å². The molecule has 0 saturated heterocycles. The summed E-state index contributed by atoms with van der Waals surface area (Å²) in [6, 6.07) is 0. The summed E-state index contributed by atoms with van der Waals surface area (Å²) in [7, 11) is 0. The third kappa shape index (κ3) is 4.05. The van der Waals surface area contributed by atoms with E-state index in [-0.39, 0.29) is 0 Å². The normalized spacial score (nSPS) is 21.0. The Morgan fingerprint density at radius 1 is 0.857 bits per heavy atom. The number of aromatic nitrogens is 2. The number of thioether (sulfide) groups is 1. The fourth-order valence-electron chi connectivity index (χ4n) is 3.50. The summed E-state index contributed by atoms with van der Waals surface area (Å²) < 4.78 is 0. The molecule has 0 N–H and O–H groups in total. The Hall–Kier alpha value is 0.01000. The molecule has 2 aliphatic rings. The smallest absolute Gasteiger partial charge is 0.141 e. The molecule has 2 nitrogen and oxygen atoms in total. The monoisotopic (exact) mass is 344 g/mol. The lowest BCUT2D eigenvalue weighted by molar-refractivity contribution is 0.516. The molecule has 0 spiro atoms. The predicted octanol–water partition coefficient (Wildman–Crippen LogP) is 6.01. The molecule has 1 aromatic heterocycles. The van der Waals surface area contributed by atoms with Gasteiger partial charge in [0.1, 0.15) is 16.1 Å². The van der Waals surface area contributed by atoms with Gasteiger partial charge in [-0.05, 0) is 31.6 Å². The molecular formula is C16H22Cl2N2S. The molecule has 2 saturated carbocycles. The molecule has 2 fully saturated rings. The summed E-state index contributed by atoms with van der Waals surface area (Å²) in [5.74, 6) is 2.09. The Morgan fingerprint density at radius 3 is 2.05 bits per heavy atom. The van der Waals surface area contributed by atoms with Crippen LogP contribution in [0.1, 0.15) is 75.1 Å². The van der Waals surface area contributed by atoms with Crippen molar-refractivity contribution in [3.63, 3.8) is 0 Å². The molecule has 0 atom stereocenters. The molecule has 3 rings (SSSR count). The van der Waals surface area contributed by atoms with Gasteiger partial charge in [0.05, 0.1) is 5.75 Å². The molecule has 1 heterocycles. The van der Waals surface area contributed by atoms with E-state index in [0.29, 0.717) is 16.2 Å². The van der Waals surface area contributed by atoms with E-state index < -0.39 is 0 Å². The molecule has 0 aromatic carbocycles. The maximum atomic E-state index is 6.39. The second-order valence-corrected chi connectivity index (χ2v) is 8.19. The lowest BCUT2D eigenvalue weighted by atomic mass is 10.0. The van der Waals surface area contributed by atoms with Gasteiger partial charge in [-0.15, -0.1) is 0 Å². The Morgan fingerprint density at radius 2 is 1.43 bits per heavy atom. The van der Waals surface area contributed by atoms with Gasteiger partial charge in [-0.3, -0.25) is 0 Å². The summed E-state index contributed by atoms with van der Waals surface area (Å²) in [6.07, 6.45) is 11.6. The van der Waals surface area contributed by atoms with Crippen molar-refractivity contribution in [2.75, 3.05) is 0 Å². The van der Waals surface area contributed by atoms with Crippen LogP contribution in [-0.4, -0.2) is 15.2 Å². The summed E-state index contributed by atoms with van der Waals surface area (Å²) >= 11 is 14.7. The Kier molecular flexibility index (Phi) is 5.69. The molecule has 2 aliphatic carbocycles. The minimum Gasteiger partial charge on any atom is -0.220 e. The van der Waals surface area contributed by atoms with E-state index in [1.807, 2.05) is 11.8 Å². The largest absolute Gasteiger partial charge is 0.220 e. The van der Waals surface area contributed by atoms with Crippen LogP contribution in [0.25, 0.3) is 0 Å². The highest BCUT2D eigenvalue weighted by atomic mass is 35.5. The number of hydrogen-bond donors (Lipinski definition) is 0. The number of rotatable bonds is 4. The zero-order chi connectivity index (χ0) is 14.7. The Balaban J connectivity index is 1.66. The van der Waals surface area contributed by atoms with Crippen LogP contribution in [-0.2, 0) is 5.75 Å². The molecule has 0 bridgehead atoms. The van der Waals surface area contributed by atoms with Gasteiger partial charge in [-0.25, -0.2) is 9.97 Å². The van der Waals surface area contributed by atoms with Crippen LogP contribution in [0, 0.1) is 0 Å². The summed E-state index contributed by atoms with van der Waals surface area (Å²) in [6.45, 7) is 0. The van der Waals surface area contributed by atoms with E-state index in [0.717, 1.165) is 22.4 Å². The maximum absolute atomic E-state index is 6.39. The average Bonchev–Trinajstić information content (AvgIpc) is 2.99. The number of halogens is 2. The Bertz CT molecular complexity index is 460.